The number of ether oxygens (including phenoxy) is 2. The zero-order chi connectivity index (χ0) is 26.3. The normalized spacial score (nSPS) is 40.4. The molecule has 0 N–H and O–H groups in total. The van der Waals surface area contributed by atoms with Crippen molar-refractivity contribution in [1.82, 2.24) is 0 Å². The largest absolute Gasteiger partial charge is 0.374 e. The second-order valence-electron chi connectivity index (χ2n) is 14.2. The van der Waals surface area contributed by atoms with Crippen molar-refractivity contribution in [3.05, 3.63) is 71.8 Å². The Labute approximate surface area is 231 Å². The molecule has 0 saturated heterocycles. The van der Waals surface area contributed by atoms with E-state index in [-0.39, 0.29) is 0 Å². The van der Waals surface area contributed by atoms with Crippen LogP contribution in [-0.2, 0) is 22.7 Å². The Balaban J connectivity index is 1.21. The summed E-state index contributed by atoms with van der Waals surface area (Å²) >= 11 is 0. The van der Waals surface area contributed by atoms with Gasteiger partial charge in [-0.25, -0.2) is 0 Å². The fraction of sp³-hybridized carbons (Fsp3) is 0.667. The van der Waals surface area contributed by atoms with Gasteiger partial charge in [0, 0.05) is 0 Å². The first kappa shape index (κ1) is 26.6. The highest BCUT2D eigenvalue weighted by molar-refractivity contribution is 5.16. The topological polar surface area (TPSA) is 18.5 Å². The number of rotatable bonds is 7. The van der Waals surface area contributed by atoms with Crippen LogP contribution in [0.3, 0.4) is 0 Å². The Morgan fingerprint density at radius 1 is 0.737 bits per heavy atom. The third kappa shape index (κ3) is 4.68. The van der Waals surface area contributed by atoms with E-state index >= 15 is 0 Å². The monoisotopic (exact) mass is 514 g/mol. The molecule has 2 heteroatoms. The third-order valence-electron chi connectivity index (χ3n) is 12.2. The van der Waals surface area contributed by atoms with Crippen molar-refractivity contribution in [2.24, 2.45) is 46.3 Å². The van der Waals surface area contributed by atoms with Crippen molar-refractivity contribution in [1.29, 1.82) is 0 Å². The van der Waals surface area contributed by atoms with Gasteiger partial charge in [0.05, 0.1) is 25.4 Å². The molecule has 2 aromatic rings. The highest BCUT2D eigenvalue weighted by atomic mass is 16.5. The van der Waals surface area contributed by atoms with Crippen molar-refractivity contribution >= 4 is 0 Å². The molecule has 0 amide bonds. The molecule has 4 aliphatic carbocycles. The Morgan fingerprint density at radius 2 is 1.39 bits per heavy atom. The molecule has 4 fully saturated rings. The molecule has 0 bridgehead atoms. The minimum absolute atomic E-state index is 0.309. The first-order chi connectivity index (χ1) is 18.4. The second-order valence-corrected chi connectivity index (χ2v) is 14.2. The Kier molecular flexibility index (Phi) is 7.51. The predicted molar refractivity (Wildman–Crippen MR) is 155 cm³/mol. The Hall–Kier alpha value is -1.64. The van der Waals surface area contributed by atoms with E-state index in [1.54, 1.807) is 0 Å². The van der Waals surface area contributed by atoms with E-state index in [2.05, 4.69) is 88.4 Å². The van der Waals surface area contributed by atoms with E-state index in [1.165, 1.54) is 62.5 Å². The Morgan fingerprint density at radius 3 is 2.05 bits per heavy atom. The number of fused-ring (bicyclic) bond motifs is 5. The van der Waals surface area contributed by atoms with Crippen molar-refractivity contribution in [3.8, 4) is 0 Å². The molecule has 206 valence electrons. The van der Waals surface area contributed by atoms with Crippen LogP contribution in [0.2, 0.25) is 0 Å². The van der Waals surface area contributed by atoms with Crippen LogP contribution in [0.4, 0.5) is 0 Å². The average Bonchev–Trinajstić information content (AvgIpc) is 3.30. The summed E-state index contributed by atoms with van der Waals surface area (Å²) in [5.41, 5.74) is 3.36. The van der Waals surface area contributed by atoms with Gasteiger partial charge in [-0.1, -0.05) is 88.4 Å². The molecular formula is C36H50O2. The van der Waals surface area contributed by atoms with Crippen molar-refractivity contribution in [3.63, 3.8) is 0 Å². The fourth-order valence-corrected chi connectivity index (χ4v) is 10.2. The summed E-state index contributed by atoms with van der Waals surface area (Å²) in [6.07, 6.45) is 11.5. The smallest absolute Gasteiger partial charge is 0.0720 e. The summed E-state index contributed by atoms with van der Waals surface area (Å²) in [6.45, 7) is 11.8. The molecule has 2 aromatic carbocycles. The molecule has 0 heterocycles. The number of benzene rings is 2. The van der Waals surface area contributed by atoms with Gasteiger partial charge in [-0.15, -0.1) is 0 Å². The molecule has 0 aromatic heterocycles. The molecule has 0 unspecified atom stereocenters. The van der Waals surface area contributed by atoms with Crippen LogP contribution in [0.15, 0.2) is 60.7 Å². The van der Waals surface area contributed by atoms with Gasteiger partial charge in [0.1, 0.15) is 0 Å². The van der Waals surface area contributed by atoms with E-state index < -0.39 is 0 Å². The molecule has 6 rings (SSSR count). The summed E-state index contributed by atoms with van der Waals surface area (Å²) < 4.78 is 13.5. The van der Waals surface area contributed by atoms with E-state index in [9.17, 15) is 0 Å². The molecule has 4 saturated carbocycles. The lowest BCUT2D eigenvalue weighted by Gasteiger charge is -2.63. The molecule has 2 nitrogen and oxygen atoms in total. The fourth-order valence-electron chi connectivity index (χ4n) is 10.2. The highest BCUT2D eigenvalue weighted by Crippen LogP contribution is 2.68. The van der Waals surface area contributed by atoms with Gasteiger partial charge in [0.15, 0.2) is 0 Å². The van der Waals surface area contributed by atoms with E-state index in [0.717, 1.165) is 48.7 Å². The lowest BCUT2D eigenvalue weighted by molar-refractivity contribution is -0.195. The van der Waals surface area contributed by atoms with Gasteiger partial charge in [-0.05, 0) is 109 Å². The quantitative estimate of drug-likeness (QED) is 0.367. The standard InChI is InChI=1S/C36H50O2/c1-25(2)31-17-18-32-30-16-15-28-21-29(37-23-26-11-7-5-8-12-26)19-20-35(28,3)33(30)22-34(36(31,32)4)38-24-27-13-9-6-10-14-27/h5-14,25,28-34H,15-24H2,1-4H3/t28-,29-,30+,31-,32+,33+,34+,35+,36-/m1/s1. The van der Waals surface area contributed by atoms with Crippen LogP contribution in [0.25, 0.3) is 0 Å². The second kappa shape index (κ2) is 10.7. The first-order valence-corrected chi connectivity index (χ1v) is 15.7. The molecule has 0 spiro atoms. The summed E-state index contributed by atoms with van der Waals surface area (Å²) in [5.74, 6) is 4.79. The van der Waals surface area contributed by atoms with Gasteiger partial charge < -0.3 is 9.47 Å². The van der Waals surface area contributed by atoms with Crippen molar-refractivity contribution < 1.29 is 9.47 Å². The molecular weight excluding hydrogens is 464 g/mol. The lowest BCUT2D eigenvalue weighted by Crippen LogP contribution is -2.59. The third-order valence-corrected chi connectivity index (χ3v) is 12.2. The average molecular weight is 515 g/mol. The highest BCUT2D eigenvalue weighted by Gasteiger charge is 2.64. The number of hydrogen-bond acceptors (Lipinski definition) is 2. The maximum absolute atomic E-state index is 7.02. The lowest BCUT2D eigenvalue weighted by atomic mass is 9.43. The van der Waals surface area contributed by atoms with Crippen molar-refractivity contribution in [2.45, 2.75) is 104 Å². The molecule has 38 heavy (non-hydrogen) atoms. The zero-order valence-electron chi connectivity index (χ0n) is 24.3. The maximum atomic E-state index is 7.02. The Bertz CT molecular complexity index is 1050. The van der Waals surface area contributed by atoms with Gasteiger partial charge in [-0.2, -0.15) is 0 Å². The molecule has 4 aliphatic rings. The van der Waals surface area contributed by atoms with Crippen LogP contribution in [0.1, 0.15) is 90.2 Å². The predicted octanol–water partition coefficient (Wildman–Crippen LogP) is 9.08. The van der Waals surface area contributed by atoms with E-state index in [4.69, 9.17) is 9.47 Å². The summed E-state index contributed by atoms with van der Waals surface area (Å²) in [6, 6.07) is 21.6. The molecule has 0 radical (unpaired) electrons. The summed E-state index contributed by atoms with van der Waals surface area (Å²) in [5, 5.41) is 0. The minimum Gasteiger partial charge on any atom is -0.374 e. The number of hydrogen-bond donors (Lipinski definition) is 0. The van der Waals surface area contributed by atoms with Gasteiger partial charge in [-0.3, -0.25) is 0 Å². The van der Waals surface area contributed by atoms with Gasteiger partial charge in [0.2, 0.25) is 0 Å². The first-order valence-electron chi connectivity index (χ1n) is 15.7. The summed E-state index contributed by atoms with van der Waals surface area (Å²) in [4.78, 5) is 0. The van der Waals surface area contributed by atoms with E-state index in [0.29, 0.717) is 23.0 Å². The molecule has 9 atom stereocenters. The summed E-state index contributed by atoms with van der Waals surface area (Å²) in [7, 11) is 0. The minimum atomic E-state index is 0.309. The zero-order valence-corrected chi connectivity index (χ0v) is 24.3. The molecule has 0 aliphatic heterocycles. The van der Waals surface area contributed by atoms with E-state index in [1.807, 2.05) is 0 Å². The van der Waals surface area contributed by atoms with Gasteiger partial charge in [0.25, 0.3) is 0 Å². The van der Waals surface area contributed by atoms with Gasteiger partial charge >= 0.3 is 0 Å². The van der Waals surface area contributed by atoms with Crippen LogP contribution in [0, 0.1) is 46.3 Å². The van der Waals surface area contributed by atoms with Crippen LogP contribution in [-0.4, -0.2) is 12.2 Å². The van der Waals surface area contributed by atoms with Crippen LogP contribution < -0.4 is 0 Å². The van der Waals surface area contributed by atoms with Crippen LogP contribution >= 0.6 is 0 Å². The van der Waals surface area contributed by atoms with Crippen LogP contribution in [0.5, 0.6) is 0 Å². The van der Waals surface area contributed by atoms with Crippen molar-refractivity contribution in [2.75, 3.05) is 0 Å². The maximum Gasteiger partial charge on any atom is 0.0720 e. The SMILES string of the molecule is CC(C)[C@H]1CC[C@H]2[C@@H]3CC[C@@H]4C[C@H](OCc5ccccc5)CC[C@]4(C)[C@H]3C[C@H](OCc3ccccc3)[C@]12C.